The van der Waals surface area contributed by atoms with E-state index >= 15 is 0 Å². The van der Waals surface area contributed by atoms with Crippen LogP contribution in [-0.2, 0) is 0 Å². The summed E-state index contributed by atoms with van der Waals surface area (Å²) in [6.07, 6.45) is 0. The summed E-state index contributed by atoms with van der Waals surface area (Å²) < 4.78 is 5.33. The maximum absolute atomic E-state index is 9.51. The van der Waals surface area contributed by atoms with Crippen LogP contribution in [0.5, 0.6) is 5.75 Å². The van der Waals surface area contributed by atoms with Gasteiger partial charge in [0.15, 0.2) is 0 Å². The van der Waals surface area contributed by atoms with Gasteiger partial charge >= 0.3 is 0 Å². The molecule has 0 aliphatic heterocycles. The highest BCUT2D eigenvalue weighted by Gasteiger charge is 2.29. The molecule has 15 heavy (non-hydrogen) atoms. The minimum atomic E-state index is -1.41. The number of aliphatic hydroxyl groups excluding tert-OH is 1. The van der Waals surface area contributed by atoms with Crippen molar-refractivity contribution < 1.29 is 9.84 Å². The number of aliphatic hydroxyl groups is 1. The lowest BCUT2D eigenvalue weighted by Crippen LogP contribution is -2.33. The number of para-hydroxylation sites is 1. The third-order valence-corrected chi connectivity index (χ3v) is 5.33. The van der Waals surface area contributed by atoms with E-state index in [1.165, 1.54) is 0 Å². The first kappa shape index (κ1) is 12.3. The van der Waals surface area contributed by atoms with E-state index in [-0.39, 0.29) is 12.1 Å². The van der Waals surface area contributed by atoms with Crippen LogP contribution in [0.1, 0.15) is 11.1 Å². The molecule has 84 valence electrons. The van der Waals surface area contributed by atoms with Gasteiger partial charge in [0, 0.05) is 12.1 Å². The highest BCUT2D eigenvalue weighted by molar-refractivity contribution is 6.77. The molecular weight excluding hydrogens is 204 g/mol. The minimum absolute atomic E-state index is 0.204. The number of ether oxygens (including phenoxy) is 1. The maximum Gasteiger partial charge on any atom is 0.122 e. The van der Waals surface area contributed by atoms with E-state index in [1.54, 1.807) is 7.11 Å². The SMILES string of the molecule is COc1ccccc1C(CO)[Si](C)(C)C. The summed E-state index contributed by atoms with van der Waals surface area (Å²) in [6, 6.07) is 7.97. The van der Waals surface area contributed by atoms with Crippen molar-refractivity contribution in [1.29, 1.82) is 0 Å². The molecule has 1 atom stereocenters. The molecule has 1 unspecified atom stereocenters. The van der Waals surface area contributed by atoms with Gasteiger partial charge in [-0.3, -0.25) is 0 Å². The van der Waals surface area contributed by atoms with Crippen LogP contribution in [0.4, 0.5) is 0 Å². The summed E-state index contributed by atoms with van der Waals surface area (Å²) in [5.41, 5.74) is 1.38. The molecule has 1 aromatic carbocycles. The van der Waals surface area contributed by atoms with Crippen molar-refractivity contribution in [3.05, 3.63) is 29.8 Å². The third kappa shape index (κ3) is 2.83. The van der Waals surface area contributed by atoms with Gasteiger partial charge in [0.2, 0.25) is 0 Å². The Labute approximate surface area is 92.9 Å². The van der Waals surface area contributed by atoms with Crippen molar-refractivity contribution in [2.75, 3.05) is 13.7 Å². The zero-order valence-electron chi connectivity index (χ0n) is 9.95. The Morgan fingerprint density at radius 3 is 2.33 bits per heavy atom. The number of hydrogen-bond donors (Lipinski definition) is 1. The molecule has 0 aliphatic rings. The fourth-order valence-corrected chi connectivity index (χ4v) is 3.51. The van der Waals surface area contributed by atoms with Crippen LogP contribution in [0, 0.1) is 0 Å². The first-order chi connectivity index (χ1) is 7.00. The third-order valence-electron chi connectivity index (χ3n) is 2.74. The van der Waals surface area contributed by atoms with Crippen LogP contribution in [0.2, 0.25) is 19.6 Å². The molecule has 0 aliphatic carbocycles. The Hall–Kier alpha value is -0.803. The van der Waals surface area contributed by atoms with E-state index in [4.69, 9.17) is 4.74 Å². The fraction of sp³-hybridized carbons (Fsp3) is 0.500. The lowest BCUT2D eigenvalue weighted by Gasteiger charge is -2.28. The molecule has 1 N–H and O–H groups in total. The molecule has 0 saturated heterocycles. The fourth-order valence-electron chi connectivity index (χ4n) is 1.79. The molecule has 0 aromatic heterocycles. The molecule has 0 radical (unpaired) electrons. The van der Waals surface area contributed by atoms with Gasteiger partial charge < -0.3 is 9.84 Å². The topological polar surface area (TPSA) is 29.5 Å². The normalized spacial score (nSPS) is 13.7. The predicted molar refractivity (Wildman–Crippen MR) is 66.2 cm³/mol. The summed E-state index contributed by atoms with van der Waals surface area (Å²) in [6.45, 7) is 7.00. The molecule has 0 spiro atoms. The average Bonchev–Trinajstić information content (AvgIpc) is 2.17. The van der Waals surface area contributed by atoms with Crippen LogP contribution in [0.3, 0.4) is 0 Å². The van der Waals surface area contributed by atoms with Gasteiger partial charge in [-0.1, -0.05) is 37.8 Å². The lowest BCUT2D eigenvalue weighted by molar-refractivity contribution is 0.287. The van der Waals surface area contributed by atoms with E-state index in [0.717, 1.165) is 11.3 Å². The van der Waals surface area contributed by atoms with Gasteiger partial charge in [0.25, 0.3) is 0 Å². The highest BCUT2D eigenvalue weighted by Crippen LogP contribution is 2.32. The molecular formula is C12H20O2Si. The molecule has 0 heterocycles. The van der Waals surface area contributed by atoms with Gasteiger partial charge in [-0.05, 0) is 11.6 Å². The first-order valence-electron chi connectivity index (χ1n) is 5.24. The quantitative estimate of drug-likeness (QED) is 0.797. The molecule has 1 rings (SSSR count). The summed E-state index contributed by atoms with van der Waals surface area (Å²) in [4.78, 5) is 0. The van der Waals surface area contributed by atoms with Crippen molar-refractivity contribution >= 4 is 8.07 Å². The van der Waals surface area contributed by atoms with E-state index in [2.05, 4.69) is 25.7 Å². The van der Waals surface area contributed by atoms with Crippen molar-refractivity contribution in [2.24, 2.45) is 0 Å². The monoisotopic (exact) mass is 224 g/mol. The summed E-state index contributed by atoms with van der Waals surface area (Å²) in [5, 5.41) is 9.51. The summed E-state index contributed by atoms with van der Waals surface area (Å²) >= 11 is 0. The second-order valence-electron chi connectivity index (χ2n) is 4.84. The van der Waals surface area contributed by atoms with E-state index in [9.17, 15) is 5.11 Å². The van der Waals surface area contributed by atoms with Gasteiger partial charge in [-0.2, -0.15) is 0 Å². The first-order valence-corrected chi connectivity index (χ1v) is 8.82. The smallest absolute Gasteiger partial charge is 0.122 e. The van der Waals surface area contributed by atoms with Crippen molar-refractivity contribution in [2.45, 2.75) is 25.2 Å². The Morgan fingerprint density at radius 2 is 1.87 bits per heavy atom. The van der Waals surface area contributed by atoms with E-state index in [1.807, 2.05) is 18.2 Å². The Bertz CT molecular complexity index is 318. The molecule has 0 saturated carbocycles. The maximum atomic E-state index is 9.51. The summed E-state index contributed by atoms with van der Waals surface area (Å²) in [7, 11) is 0.273. The molecule has 2 nitrogen and oxygen atoms in total. The van der Waals surface area contributed by atoms with Gasteiger partial charge in [0.1, 0.15) is 5.75 Å². The molecule has 0 bridgehead atoms. The van der Waals surface area contributed by atoms with Crippen molar-refractivity contribution in [3.8, 4) is 5.75 Å². The van der Waals surface area contributed by atoms with E-state index < -0.39 is 8.07 Å². The van der Waals surface area contributed by atoms with E-state index in [0.29, 0.717) is 0 Å². The number of hydrogen-bond acceptors (Lipinski definition) is 2. The average molecular weight is 224 g/mol. The minimum Gasteiger partial charge on any atom is -0.496 e. The Balaban J connectivity index is 3.12. The Kier molecular flexibility index (Phi) is 3.94. The second kappa shape index (κ2) is 4.81. The largest absolute Gasteiger partial charge is 0.496 e. The van der Waals surface area contributed by atoms with Crippen LogP contribution in [0.15, 0.2) is 24.3 Å². The molecule has 3 heteroatoms. The highest BCUT2D eigenvalue weighted by atomic mass is 28.3. The molecule has 0 fully saturated rings. The van der Waals surface area contributed by atoms with Crippen molar-refractivity contribution in [3.63, 3.8) is 0 Å². The zero-order chi connectivity index (χ0) is 11.5. The number of rotatable bonds is 4. The van der Waals surface area contributed by atoms with Crippen molar-refractivity contribution in [1.82, 2.24) is 0 Å². The number of methoxy groups -OCH3 is 1. The van der Waals surface area contributed by atoms with Crippen LogP contribution >= 0.6 is 0 Å². The second-order valence-corrected chi connectivity index (χ2v) is 10.3. The Morgan fingerprint density at radius 1 is 1.27 bits per heavy atom. The summed E-state index contributed by atoms with van der Waals surface area (Å²) in [5.74, 6) is 0.888. The van der Waals surface area contributed by atoms with Gasteiger partial charge in [0.05, 0.1) is 15.2 Å². The predicted octanol–water partition coefficient (Wildman–Crippen LogP) is 2.65. The zero-order valence-corrected chi connectivity index (χ0v) is 10.9. The van der Waals surface area contributed by atoms with Crippen LogP contribution in [0.25, 0.3) is 0 Å². The lowest BCUT2D eigenvalue weighted by atomic mass is 10.1. The molecule has 1 aromatic rings. The van der Waals surface area contributed by atoms with Crippen LogP contribution in [-0.4, -0.2) is 26.9 Å². The molecule has 0 amide bonds. The van der Waals surface area contributed by atoms with Crippen LogP contribution < -0.4 is 4.74 Å². The standard InChI is InChI=1S/C12H20O2Si/c1-14-11-8-6-5-7-10(11)12(9-13)15(2,3)4/h5-8,12-13H,9H2,1-4H3. The van der Waals surface area contributed by atoms with Gasteiger partial charge in [-0.15, -0.1) is 0 Å². The van der Waals surface area contributed by atoms with Gasteiger partial charge in [-0.25, -0.2) is 0 Å². The number of benzene rings is 1.